The summed E-state index contributed by atoms with van der Waals surface area (Å²) in [7, 11) is 0. The fraction of sp³-hybridized carbons (Fsp3) is 0.250. The number of anilines is 1. The number of hydrogen-bond donors (Lipinski definition) is 1. The lowest BCUT2D eigenvalue weighted by Crippen LogP contribution is -2.19. The lowest BCUT2D eigenvalue weighted by Gasteiger charge is -2.20. The minimum atomic E-state index is -0.238. The van der Waals surface area contributed by atoms with Gasteiger partial charge in [-0.25, -0.2) is 4.98 Å². The van der Waals surface area contributed by atoms with Gasteiger partial charge in [-0.05, 0) is 31.5 Å². The van der Waals surface area contributed by atoms with E-state index in [0.717, 1.165) is 16.9 Å². The molecule has 0 saturated heterocycles. The number of ether oxygens (including phenoxy) is 2. The molecule has 0 saturated carbocycles. The van der Waals surface area contributed by atoms with Crippen molar-refractivity contribution in [1.29, 1.82) is 0 Å². The summed E-state index contributed by atoms with van der Waals surface area (Å²) in [5.41, 5.74) is 3.44. The summed E-state index contributed by atoms with van der Waals surface area (Å²) in [6, 6.07) is 7.15. The predicted octanol–water partition coefficient (Wildman–Crippen LogP) is 2.80. The van der Waals surface area contributed by atoms with Gasteiger partial charge in [0.05, 0.1) is 17.8 Å². The first-order chi connectivity index (χ1) is 13.0. The van der Waals surface area contributed by atoms with Gasteiger partial charge in [0.15, 0.2) is 17.3 Å². The van der Waals surface area contributed by atoms with Crippen LogP contribution in [0.4, 0.5) is 5.69 Å². The number of benzene rings is 1. The molecule has 0 fully saturated rings. The number of carbonyl (C=O) groups is 2. The Hall–Kier alpha value is -3.35. The van der Waals surface area contributed by atoms with Gasteiger partial charge in [0.25, 0.3) is 0 Å². The summed E-state index contributed by atoms with van der Waals surface area (Å²) in [6.45, 7) is 4.29. The topological polar surface area (TPSA) is 81.9 Å². The second kappa shape index (κ2) is 6.75. The van der Waals surface area contributed by atoms with Gasteiger partial charge in [0.1, 0.15) is 18.9 Å². The molecule has 4 rings (SSSR count). The highest BCUT2D eigenvalue weighted by Gasteiger charge is 2.20. The molecule has 2 aromatic heterocycles. The minimum absolute atomic E-state index is 0.135. The summed E-state index contributed by atoms with van der Waals surface area (Å²) >= 11 is 0. The maximum atomic E-state index is 12.6. The number of rotatable bonds is 4. The van der Waals surface area contributed by atoms with Crippen molar-refractivity contribution in [2.24, 2.45) is 0 Å². The first kappa shape index (κ1) is 17.1. The highest BCUT2D eigenvalue weighted by molar-refractivity contribution is 6.04. The van der Waals surface area contributed by atoms with E-state index in [-0.39, 0.29) is 18.1 Å². The largest absolute Gasteiger partial charge is 0.486 e. The average Bonchev–Trinajstić information content (AvgIpc) is 3.05. The standard InChI is InChI=1S/C20H19N3O4/c1-12-4-3-5-23-14(11-21-20(12)23)8-19(25)22-16-10-18-17(26-6-7-27-18)9-15(16)13(2)24/h3-5,9-11H,6-8H2,1-2H3,(H,22,25). The number of nitrogens with zero attached hydrogens (tertiary/aromatic N) is 2. The SMILES string of the molecule is CC(=O)c1cc2c(cc1NC(=O)Cc1cnc3c(C)cccn13)OCCO2. The molecule has 0 bridgehead atoms. The van der Waals surface area contributed by atoms with Gasteiger partial charge in [-0.3, -0.25) is 9.59 Å². The number of aromatic nitrogens is 2. The van der Waals surface area contributed by atoms with Gasteiger partial charge in [-0.2, -0.15) is 0 Å². The second-order valence-electron chi connectivity index (χ2n) is 6.46. The van der Waals surface area contributed by atoms with Crippen molar-refractivity contribution in [1.82, 2.24) is 9.38 Å². The Kier molecular flexibility index (Phi) is 4.27. The number of amides is 1. The number of fused-ring (bicyclic) bond motifs is 2. The summed E-state index contributed by atoms with van der Waals surface area (Å²) in [5, 5.41) is 2.82. The van der Waals surface area contributed by atoms with Crippen LogP contribution in [0.1, 0.15) is 28.5 Å². The zero-order valence-corrected chi connectivity index (χ0v) is 15.1. The van der Waals surface area contributed by atoms with Crippen LogP contribution in [-0.2, 0) is 11.2 Å². The molecule has 3 heterocycles. The van der Waals surface area contributed by atoms with E-state index >= 15 is 0 Å². The van der Waals surface area contributed by atoms with Gasteiger partial charge < -0.3 is 19.2 Å². The van der Waals surface area contributed by atoms with Crippen molar-refractivity contribution in [2.75, 3.05) is 18.5 Å². The van der Waals surface area contributed by atoms with Crippen molar-refractivity contribution in [3.8, 4) is 11.5 Å². The lowest BCUT2D eigenvalue weighted by atomic mass is 10.1. The van der Waals surface area contributed by atoms with Crippen LogP contribution in [0, 0.1) is 6.92 Å². The molecule has 7 heteroatoms. The van der Waals surface area contributed by atoms with E-state index in [0.29, 0.717) is 36.0 Å². The third-order valence-corrected chi connectivity index (χ3v) is 4.48. The van der Waals surface area contributed by atoms with Gasteiger partial charge >= 0.3 is 0 Å². The van der Waals surface area contributed by atoms with Crippen LogP contribution in [0.5, 0.6) is 11.5 Å². The zero-order chi connectivity index (χ0) is 19.0. The van der Waals surface area contributed by atoms with Crippen molar-refractivity contribution in [3.05, 3.63) is 53.5 Å². The van der Waals surface area contributed by atoms with Crippen molar-refractivity contribution >= 4 is 23.0 Å². The summed E-state index contributed by atoms with van der Waals surface area (Å²) in [4.78, 5) is 29.0. The number of nitrogens with one attached hydrogen (secondary N) is 1. The molecule has 1 amide bonds. The quantitative estimate of drug-likeness (QED) is 0.719. The molecule has 1 N–H and O–H groups in total. The number of imidazole rings is 1. The molecule has 1 aromatic carbocycles. The van der Waals surface area contributed by atoms with E-state index in [1.54, 1.807) is 18.3 Å². The van der Waals surface area contributed by atoms with E-state index in [1.165, 1.54) is 6.92 Å². The first-order valence-corrected chi connectivity index (χ1v) is 8.69. The maximum Gasteiger partial charge on any atom is 0.230 e. The fourth-order valence-electron chi connectivity index (χ4n) is 3.18. The monoisotopic (exact) mass is 365 g/mol. The number of Topliss-reactive ketones (excluding diaryl/α,β-unsaturated/α-hetero) is 1. The van der Waals surface area contributed by atoms with Crippen molar-refractivity contribution in [2.45, 2.75) is 20.3 Å². The van der Waals surface area contributed by atoms with Crippen molar-refractivity contribution in [3.63, 3.8) is 0 Å². The predicted molar refractivity (Wildman–Crippen MR) is 99.7 cm³/mol. The van der Waals surface area contributed by atoms with Crippen LogP contribution in [-0.4, -0.2) is 34.3 Å². The number of ketones is 1. The summed E-state index contributed by atoms with van der Waals surface area (Å²) in [5.74, 6) is 0.638. The lowest BCUT2D eigenvalue weighted by molar-refractivity contribution is -0.115. The number of carbonyl (C=O) groups excluding carboxylic acids is 2. The molecule has 3 aromatic rings. The molecule has 0 aliphatic carbocycles. The third-order valence-electron chi connectivity index (χ3n) is 4.48. The van der Waals surface area contributed by atoms with Crippen LogP contribution in [0.15, 0.2) is 36.7 Å². The zero-order valence-electron chi connectivity index (χ0n) is 15.1. The van der Waals surface area contributed by atoms with Gasteiger partial charge in [-0.1, -0.05) is 6.07 Å². The van der Waals surface area contributed by atoms with Gasteiger partial charge in [0.2, 0.25) is 5.91 Å². The van der Waals surface area contributed by atoms with Gasteiger partial charge in [-0.15, -0.1) is 0 Å². The Bertz CT molecular complexity index is 1050. The third kappa shape index (κ3) is 3.23. The number of hydrogen-bond acceptors (Lipinski definition) is 5. The Labute approximate surface area is 155 Å². The first-order valence-electron chi connectivity index (χ1n) is 8.69. The van der Waals surface area contributed by atoms with Crippen LogP contribution < -0.4 is 14.8 Å². The molecule has 1 aliphatic rings. The van der Waals surface area contributed by atoms with E-state index in [2.05, 4.69) is 10.3 Å². The summed E-state index contributed by atoms with van der Waals surface area (Å²) < 4.78 is 13.0. The molecular formula is C20H19N3O4. The van der Waals surface area contributed by atoms with Crippen LogP contribution in [0.3, 0.4) is 0 Å². The highest BCUT2D eigenvalue weighted by Crippen LogP contribution is 2.36. The smallest absolute Gasteiger partial charge is 0.230 e. The Balaban J connectivity index is 1.60. The average molecular weight is 365 g/mol. The molecule has 0 spiro atoms. The van der Waals surface area contributed by atoms with Crippen LogP contribution >= 0.6 is 0 Å². The second-order valence-corrected chi connectivity index (χ2v) is 6.46. The number of aryl methyl sites for hydroxylation is 1. The van der Waals surface area contributed by atoms with E-state index < -0.39 is 0 Å². The Morgan fingerprint density at radius 1 is 1.22 bits per heavy atom. The molecule has 1 aliphatic heterocycles. The Morgan fingerprint density at radius 2 is 1.96 bits per heavy atom. The summed E-state index contributed by atoms with van der Waals surface area (Å²) in [6.07, 6.45) is 3.71. The van der Waals surface area contributed by atoms with E-state index in [4.69, 9.17) is 9.47 Å². The molecule has 0 unspecified atom stereocenters. The van der Waals surface area contributed by atoms with Crippen molar-refractivity contribution < 1.29 is 19.1 Å². The van der Waals surface area contributed by atoms with Crippen LogP contribution in [0.25, 0.3) is 5.65 Å². The molecule has 0 radical (unpaired) electrons. The molecule has 138 valence electrons. The normalized spacial score (nSPS) is 12.8. The molecule has 7 nitrogen and oxygen atoms in total. The Morgan fingerprint density at radius 3 is 2.70 bits per heavy atom. The molecular weight excluding hydrogens is 346 g/mol. The van der Waals surface area contributed by atoms with E-state index in [1.807, 2.05) is 29.7 Å². The minimum Gasteiger partial charge on any atom is -0.486 e. The maximum absolute atomic E-state index is 12.6. The fourth-order valence-corrected chi connectivity index (χ4v) is 3.18. The highest BCUT2D eigenvalue weighted by atomic mass is 16.6. The number of pyridine rings is 1. The van der Waals surface area contributed by atoms with Crippen LogP contribution in [0.2, 0.25) is 0 Å². The molecule has 0 atom stereocenters. The molecule has 27 heavy (non-hydrogen) atoms. The van der Waals surface area contributed by atoms with Gasteiger partial charge in [0, 0.05) is 24.0 Å². The van der Waals surface area contributed by atoms with E-state index in [9.17, 15) is 9.59 Å².